The van der Waals surface area contributed by atoms with E-state index < -0.39 is 11.7 Å². The van der Waals surface area contributed by atoms with Crippen LogP contribution in [0.3, 0.4) is 0 Å². The molecule has 3 rings (SSSR count). The number of hydrogen-bond acceptors (Lipinski definition) is 5. The van der Waals surface area contributed by atoms with Crippen LogP contribution in [0.4, 0.5) is 10.1 Å². The van der Waals surface area contributed by atoms with Gasteiger partial charge in [0.2, 0.25) is 0 Å². The highest BCUT2D eigenvalue weighted by Crippen LogP contribution is 2.28. The average molecular weight is 364 g/mol. The summed E-state index contributed by atoms with van der Waals surface area (Å²) < 4.78 is 22.2. The predicted molar refractivity (Wildman–Crippen MR) is 91.3 cm³/mol. The highest BCUT2D eigenvalue weighted by molar-refractivity contribution is 7.08. The zero-order valence-corrected chi connectivity index (χ0v) is 14.0. The molecule has 0 aliphatic rings. The summed E-state index contributed by atoms with van der Waals surface area (Å²) in [6.07, 6.45) is 0. The molecule has 0 radical (unpaired) electrons. The Hall–Kier alpha value is -2.51. The molecule has 122 valence electrons. The van der Waals surface area contributed by atoms with Gasteiger partial charge in [-0.05, 0) is 41.9 Å². The molecule has 0 aliphatic heterocycles. The van der Waals surface area contributed by atoms with Gasteiger partial charge in [0.25, 0.3) is 5.91 Å². The second-order valence-electron chi connectivity index (χ2n) is 4.77. The Kier molecular flexibility index (Phi) is 4.73. The molecule has 0 atom stereocenters. The Morgan fingerprint density at radius 3 is 2.88 bits per heavy atom. The van der Waals surface area contributed by atoms with Crippen LogP contribution >= 0.6 is 23.1 Å². The topological polar surface area (TPSA) is 64.1 Å². The van der Waals surface area contributed by atoms with Crippen LogP contribution in [0.1, 0.15) is 9.67 Å². The first-order valence-corrected chi connectivity index (χ1v) is 7.97. The van der Waals surface area contributed by atoms with Crippen LogP contribution in [0.15, 0.2) is 42.5 Å². The first-order chi connectivity index (χ1) is 11.6. The second-order valence-corrected chi connectivity index (χ2v) is 5.93. The summed E-state index contributed by atoms with van der Waals surface area (Å²) in [5, 5.41) is 6.62. The number of halogens is 2. The summed E-state index contributed by atoms with van der Waals surface area (Å²) >= 11 is 6.69. The van der Waals surface area contributed by atoms with Crippen LogP contribution in [-0.2, 0) is 0 Å². The summed E-state index contributed by atoms with van der Waals surface area (Å²) in [6, 6.07) is 11.1. The van der Waals surface area contributed by atoms with Crippen LogP contribution in [0.2, 0.25) is 5.02 Å². The van der Waals surface area contributed by atoms with Gasteiger partial charge in [-0.15, -0.1) is 5.10 Å². The largest absolute Gasteiger partial charge is 0.497 e. The molecule has 5 nitrogen and oxygen atoms in total. The molecule has 0 bridgehead atoms. The third-order valence-corrected chi connectivity index (χ3v) is 4.23. The summed E-state index contributed by atoms with van der Waals surface area (Å²) in [7, 11) is 1.56. The average Bonchev–Trinajstić information content (AvgIpc) is 3.08. The number of aromatic nitrogens is 2. The number of rotatable bonds is 4. The van der Waals surface area contributed by atoms with E-state index in [1.165, 1.54) is 18.2 Å². The van der Waals surface area contributed by atoms with E-state index in [9.17, 15) is 9.18 Å². The van der Waals surface area contributed by atoms with Gasteiger partial charge in [-0.25, -0.2) is 4.39 Å². The third kappa shape index (κ3) is 3.37. The van der Waals surface area contributed by atoms with Crippen molar-refractivity contribution in [2.24, 2.45) is 0 Å². The maximum absolute atomic E-state index is 13.2. The van der Waals surface area contributed by atoms with E-state index in [0.717, 1.165) is 11.5 Å². The van der Waals surface area contributed by atoms with E-state index in [2.05, 4.69) is 14.9 Å². The zero-order chi connectivity index (χ0) is 17.1. The molecule has 3 aromatic rings. The maximum Gasteiger partial charge on any atom is 0.269 e. The van der Waals surface area contributed by atoms with Crippen molar-refractivity contribution >= 4 is 34.7 Å². The quantitative estimate of drug-likeness (QED) is 0.752. The number of hydrogen-bond donors (Lipinski definition) is 1. The fourth-order valence-electron chi connectivity index (χ4n) is 2.06. The van der Waals surface area contributed by atoms with Gasteiger partial charge in [0.05, 0.1) is 12.1 Å². The first-order valence-electron chi connectivity index (χ1n) is 6.81. The molecule has 1 heterocycles. The number of ether oxygens (including phenoxy) is 1. The molecule has 1 amide bonds. The summed E-state index contributed by atoms with van der Waals surface area (Å²) in [5.74, 6) is -0.297. The Morgan fingerprint density at radius 1 is 1.29 bits per heavy atom. The highest BCUT2D eigenvalue weighted by Gasteiger charge is 2.18. The predicted octanol–water partition coefficient (Wildman–Crippen LogP) is 4.26. The lowest BCUT2D eigenvalue weighted by Crippen LogP contribution is -2.11. The minimum absolute atomic E-state index is 0.0664. The van der Waals surface area contributed by atoms with Crippen molar-refractivity contribution < 1.29 is 13.9 Å². The number of anilines is 1. The van der Waals surface area contributed by atoms with Crippen LogP contribution in [0.5, 0.6) is 5.75 Å². The number of carbonyl (C=O) groups excluding carboxylic acids is 1. The van der Waals surface area contributed by atoms with E-state index >= 15 is 0 Å². The van der Waals surface area contributed by atoms with Crippen LogP contribution in [-0.4, -0.2) is 22.6 Å². The van der Waals surface area contributed by atoms with E-state index in [1.807, 2.05) is 6.07 Å². The molecule has 2 aromatic carbocycles. The smallest absolute Gasteiger partial charge is 0.269 e. The van der Waals surface area contributed by atoms with E-state index in [-0.39, 0.29) is 5.02 Å². The summed E-state index contributed by atoms with van der Waals surface area (Å²) in [5.41, 5.74) is 1.55. The standard InChI is InChI=1S/C16H11ClFN3O2S/c1-23-11-4-2-3-9(7-11)14-15(24-21-20-14)16(22)19-10-5-6-13(18)12(17)8-10/h2-8H,1H3,(H,19,22). The van der Waals surface area contributed by atoms with Gasteiger partial charge in [-0.2, -0.15) is 0 Å². The fourth-order valence-corrected chi connectivity index (χ4v) is 2.82. The van der Waals surface area contributed by atoms with Gasteiger partial charge < -0.3 is 10.1 Å². The van der Waals surface area contributed by atoms with Crippen molar-refractivity contribution in [2.75, 3.05) is 12.4 Å². The lowest BCUT2D eigenvalue weighted by Gasteiger charge is -2.06. The molecule has 0 aliphatic carbocycles. The normalized spacial score (nSPS) is 10.5. The lowest BCUT2D eigenvalue weighted by molar-refractivity contribution is 0.103. The molecule has 0 saturated carbocycles. The zero-order valence-electron chi connectivity index (χ0n) is 12.4. The number of amides is 1. The van der Waals surface area contributed by atoms with Crippen molar-refractivity contribution in [3.05, 3.63) is 58.2 Å². The van der Waals surface area contributed by atoms with Gasteiger partial charge in [-0.1, -0.05) is 28.2 Å². The molecule has 0 spiro atoms. The van der Waals surface area contributed by atoms with E-state index in [1.54, 1.807) is 25.3 Å². The van der Waals surface area contributed by atoms with E-state index in [0.29, 0.717) is 27.6 Å². The Bertz CT molecular complexity index is 901. The molecular weight excluding hydrogens is 353 g/mol. The Labute approximate surface area is 146 Å². The van der Waals surface area contributed by atoms with Gasteiger partial charge in [-0.3, -0.25) is 4.79 Å². The molecule has 24 heavy (non-hydrogen) atoms. The van der Waals surface area contributed by atoms with Gasteiger partial charge >= 0.3 is 0 Å². The number of nitrogens with one attached hydrogen (secondary N) is 1. The maximum atomic E-state index is 13.2. The first kappa shape index (κ1) is 16.4. The molecule has 0 saturated heterocycles. The van der Waals surface area contributed by atoms with Crippen molar-refractivity contribution in [2.45, 2.75) is 0 Å². The van der Waals surface area contributed by atoms with Crippen molar-refractivity contribution in [1.82, 2.24) is 9.59 Å². The van der Waals surface area contributed by atoms with Gasteiger partial charge in [0.1, 0.15) is 22.1 Å². The summed E-state index contributed by atoms with van der Waals surface area (Å²) in [6.45, 7) is 0. The Morgan fingerprint density at radius 2 is 2.12 bits per heavy atom. The highest BCUT2D eigenvalue weighted by atomic mass is 35.5. The van der Waals surface area contributed by atoms with Crippen LogP contribution < -0.4 is 10.1 Å². The third-order valence-electron chi connectivity index (χ3n) is 3.21. The van der Waals surface area contributed by atoms with Crippen molar-refractivity contribution in [3.63, 3.8) is 0 Å². The van der Waals surface area contributed by atoms with Crippen molar-refractivity contribution in [1.29, 1.82) is 0 Å². The number of benzene rings is 2. The SMILES string of the molecule is COc1cccc(-c2nnsc2C(=O)Nc2ccc(F)c(Cl)c2)c1. The van der Waals surface area contributed by atoms with Gasteiger partial charge in [0, 0.05) is 11.3 Å². The molecule has 8 heteroatoms. The second kappa shape index (κ2) is 6.94. The minimum Gasteiger partial charge on any atom is -0.497 e. The molecule has 0 fully saturated rings. The monoisotopic (exact) mass is 363 g/mol. The number of methoxy groups -OCH3 is 1. The molecule has 0 unspecified atom stereocenters. The molecule has 1 aromatic heterocycles. The number of nitrogens with zero attached hydrogens (tertiary/aromatic N) is 2. The Balaban J connectivity index is 1.88. The fraction of sp³-hybridized carbons (Fsp3) is 0.0625. The van der Waals surface area contributed by atoms with Crippen molar-refractivity contribution in [3.8, 4) is 17.0 Å². The number of carbonyl (C=O) groups is 1. The molecular formula is C16H11ClFN3O2S. The minimum atomic E-state index is -0.550. The van der Waals surface area contributed by atoms with E-state index in [4.69, 9.17) is 16.3 Å². The van der Waals surface area contributed by atoms with Crippen LogP contribution in [0.25, 0.3) is 11.3 Å². The molecule has 1 N–H and O–H groups in total. The van der Waals surface area contributed by atoms with Crippen LogP contribution in [0, 0.1) is 5.82 Å². The van der Waals surface area contributed by atoms with Gasteiger partial charge in [0.15, 0.2) is 0 Å². The summed E-state index contributed by atoms with van der Waals surface area (Å²) in [4.78, 5) is 12.8. The lowest BCUT2D eigenvalue weighted by atomic mass is 10.1.